The van der Waals surface area contributed by atoms with Crippen LogP contribution in [0.25, 0.3) is 0 Å². The first kappa shape index (κ1) is 9.97. The second kappa shape index (κ2) is 4.30. The molecule has 2 rings (SSSR count). The molecule has 0 amide bonds. The van der Waals surface area contributed by atoms with Crippen molar-refractivity contribution in [2.24, 2.45) is 0 Å². The maximum Gasteiger partial charge on any atom is 0.129 e. The van der Waals surface area contributed by atoms with Gasteiger partial charge < -0.3 is 4.90 Å². The predicted molar refractivity (Wildman–Crippen MR) is 60.5 cm³/mol. The third-order valence-electron chi connectivity index (χ3n) is 2.67. The molecule has 1 aromatic rings. The Kier molecular flexibility index (Phi) is 3.06. The van der Waals surface area contributed by atoms with Crippen LogP contribution in [0.15, 0.2) is 18.2 Å². The first-order valence-electron chi connectivity index (χ1n) is 4.91. The van der Waals surface area contributed by atoms with Crippen LogP contribution in [-0.2, 0) is 5.33 Å². The second-order valence-electron chi connectivity index (χ2n) is 3.57. The van der Waals surface area contributed by atoms with E-state index in [9.17, 15) is 4.39 Å². The summed E-state index contributed by atoms with van der Waals surface area (Å²) >= 11 is 3.34. The first-order chi connectivity index (χ1) is 6.83. The van der Waals surface area contributed by atoms with Crippen molar-refractivity contribution in [1.82, 2.24) is 0 Å². The van der Waals surface area contributed by atoms with E-state index >= 15 is 0 Å². The van der Waals surface area contributed by atoms with Crippen LogP contribution >= 0.6 is 15.9 Å². The van der Waals surface area contributed by atoms with E-state index < -0.39 is 0 Å². The van der Waals surface area contributed by atoms with Crippen LogP contribution in [0.1, 0.15) is 18.4 Å². The molecule has 76 valence electrons. The zero-order valence-corrected chi connectivity index (χ0v) is 9.56. The van der Waals surface area contributed by atoms with Crippen molar-refractivity contribution in [3.05, 3.63) is 29.6 Å². The van der Waals surface area contributed by atoms with Crippen molar-refractivity contribution in [1.29, 1.82) is 0 Å². The van der Waals surface area contributed by atoms with Crippen LogP contribution in [0.2, 0.25) is 0 Å². The Bertz CT molecular complexity index is 321. The SMILES string of the molecule is Fc1cccc(N2CCCC2)c1CBr. The maximum absolute atomic E-state index is 13.4. The summed E-state index contributed by atoms with van der Waals surface area (Å²) in [6, 6.07) is 5.32. The molecule has 0 saturated carbocycles. The Labute approximate surface area is 92.0 Å². The van der Waals surface area contributed by atoms with Gasteiger partial charge in [-0.15, -0.1) is 0 Å². The van der Waals surface area contributed by atoms with Gasteiger partial charge in [0.1, 0.15) is 5.82 Å². The quantitative estimate of drug-likeness (QED) is 0.735. The molecule has 0 aromatic heterocycles. The molecule has 0 N–H and O–H groups in total. The monoisotopic (exact) mass is 257 g/mol. The number of benzene rings is 1. The molecular weight excluding hydrogens is 245 g/mol. The Morgan fingerprint density at radius 2 is 2.00 bits per heavy atom. The van der Waals surface area contributed by atoms with Crippen molar-refractivity contribution in [3.63, 3.8) is 0 Å². The highest BCUT2D eigenvalue weighted by atomic mass is 79.9. The van der Waals surface area contributed by atoms with Crippen molar-refractivity contribution in [2.75, 3.05) is 18.0 Å². The van der Waals surface area contributed by atoms with E-state index in [2.05, 4.69) is 20.8 Å². The van der Waals surface area contributed by atoms with Crippen molar-refractivity contribution in [3.8, 4) is 0 Å². The fourth-order valence-corrected chi connectivity index (χ4v) is 2.49. The normalized spacial score (nSPS) is 16.3. The molecule has 0 atom stereocenters. The fraction of sp³-hybridized carbons (Fsp3) is 0.455. The van der Waals surface area contributed by atoms with Gasteiger partial charge in [0.2, 0.25) is 0 Å². The molecule has 0 radical (unpaired) electrons. The molecule has 0 spiro atoms. The average Bonchev–Trinajstić information content (AvgIpc) is 2.70. The highest BCUT2D eigenvalue weighted by Gasteiger charge is 2.16. The molecule has 1 heterocycles. The van der Waals surface area contributed by atoms with Crippen LogP contribution < -0.4 is 4.90 Å². The average molecular weight is 258 g/mol. The van der Waals surface area contributed by atoms with E-state index in [0.29, 0.717) is 5.33 Å². The Morgan fingerprint density at radius 3 is 2.64 bits per heavy atom. The van der Waals surface area contributed by atoms with Gasteiger partial charge in [0, 0.05) is 29.7 Å². The largest absolute Gasteiger partial charge is 0.371 e. The highest BCUT2D eigenvalue weighted by Crippen LogP contribution is 2.28. The van der Waals surface area contributed by atoms with Gasteiger partial charge in [-0.05, 0) is 25.0 Å². The van der Waals surface area contributed by atoms with Crippen molar-refractivity contribution < 1.29 is 4.39 Å². The number of rotatable bonds is 2. The second-order valence-corrected chi connectivity index (χ2v) is 4.13. The summed E-state index contributed by atoms with van der Waals surface area (Å²) in [5.74, 6) is -0.105. The number of hydrogen-bond donors (Lipinski definition) is 0. The minimum absolute atomic E-state index is 0.105. The van der Waals surface area contributed by atoms with E-state index in [1.807, 2.05) is 6.07 Å². The van der Waals surface area contributed by atoms with Gasteiger partial charge in [0.15, 0.2) is 0 Å². The lowest BCUT2D eigenvalue weighted by atomic mass is 10.2. The van der Waals surface area contributed by atoms with Crippen LogP contribution in [0.4, 0.5) is 10.1 Å². The summed E-state index contributed by atoms with van der Waals surface area (Å²) in [4.78, 5) is 2.26. The van der Waals surface area contributed by atoms with Crippen LogP contribution in [-0.4, -0.2) is 13.1 Å². The van der Waals surface area contributed by atoms with E-state index in [4.69, 9.17) is 0 Å². The Hall–Kier alpha value is -0.570. The maximum atomic E-state index is 13.4. The smallest absolute Gasteiger partial charge is 0.129 e. The summed E-state index contributed by atoms with van der Waals surface area (Å²) in [5.41, 5.74) is 1.84. The number of nitrogens with zero attached hydrogens (tertiary/aromatic N) is 1. The Balaban J connectivity index is 2.35. The Morgan fingerprint density at radius 1 is 1.29 bits per heavy atom. The van der Waals surface area contributed by atoms with Crippen molar-refractivity contribution in [2.45, 2.75) is 18.2 Å². The van der Waals surface area contributed by atoms with Gasteiger partial charge in [-0.1, -0.05) is 22.0 Å². The van der Waals surface area contributed by atoms with Gasteiger partial charge in [-0.2, -0.15) is 0 Å². The molecule has 1 nitrogen and oxygen atoms in total. The minimum Gasteiger partial charge on any atom is -0.371 e. The van der Waals surface area contributed by atoms with Crippen LogP contribution in [0.3, 0.4) is 0 Å². The third-order valence-corrected chi connectivity index (χ3v) is 3.24. The molecule has 1 aliphatic rings. The lowest BCUT2D eigenvalue weighted by Crippen LogP contribution is -2.19. The molecule has 0 bridgehead atoms. The first-order valence-corrected chi connectivity index (χ1v) is 6.03. The van der Waals surface area contributed by atoms with E-state index in [1.165, 1.54) is 18.9 Å². The lowest BCUT2D eigenvalue weighted by molar-refractivity contribution is 0.617. The van der Waals surface area contributed by atoms with E-state index in [0.717, 1.165) is 24.3 Å². The van der Waals surface area contributed by atoms with Crippen molar-refractivity contribution >= 4 is 21.6 Å². The zero-order valence-electron chi connectivity index (χ0n) is 7.97. The summed E-state index contributed by atoms with van der Waals surface area (Å²) in [6.45, 7) is 2.12. The molecule has 0 aliphatic carbocycles. The van der Waals surface area contributed by atoms with E-state index in [-0.39, 0.29) is 5.82 Å². The summed E-state index contributed by atoms with van der Waals surface area (Å²) in [5, 5.41) is 0.589. The predicted octanol–water partition coefficient (Wildman–Crippen LogP) is 3.32. The van der Waals surface area contributed by atoms with E-state index in [1.54, 1.807) is 6.07 Å². The summed E-state index contributed by atoms with van der Waals surface area (Å²) < 4.78 is 13.4. The summed E-state index contributed by atoms with van der Waals surface area (Å²) in [6.07, 6.45) is 2.44. The molecule has 14 heavy (non-hydrogen) atoms. The molecule has 1 aliphatic heterocycles. The lowest BCUT2D eigenvalue weighted by Gasteiger charge is -2.20. The zero-order chi connectivity index (χ0) is 9.97. The molecule has 1 fully saturated rings. The van der Waals surface area contributed by atoms with Crippen LogP contribution in [0.5, 0.6) is 0 Å². The van der Waals surface area contributed by atoms with Crippen LogP contribution in [0, 0.1) is 5.82 Å². The standard InChI is InChI=1S/C11H13BrFN/c12-8-9-10(13)4-3-5-11(9)14-6-1-2-7-14/h3-5H,1-2,6-8H2. The summed E-state index contributed by atoms with van der Waals surface area (Å²) in [7, 11) is 0. The van der Waals surface area contributed by atoms with Gasteiger partial charge in [-0.25, -0.2) is 4.39 Å². The molecule has 1 aromatic carbocycles. The van der Waals surface area contributed by atoms with Gasteiger partial charge in [0.25, 0.3) is 0 Å². The van der Waals surface area contributed by atoms with Gasteiger partial charge in [-0.3, -0.25) is 0 Å². The topological polar surface area (TPSA) is 3.24 Å². The number of anilines is 1. The fourth-order valence-electron chi connectivity index (χ4n) is 1.93. The van der Waals surface area contributed by atoms with Gasteiger partial charge in [0.05, 0.1) is 0 Å². The number of halogens is 2. The number of hydrogen-bond acceptors (Lipinski definition) is 1. The molecule has 1 saturated heterocycles. The minimum atomic E-state index is -0.105. The molecular formula is C11H13BrFN. The third kappa shape index (κ3) is 1.78. The molecule has 0 unspecified atom stereocenters. The molecule has 3 heteroatoms. The number of alkyl halides is 1. The van der Waals surface area contributed by atoms with Gasteiger partial charge >= 0.3 is 0 Å². The highest BCUT2D eigenvalue weighted by molar-refractivity contribution is 9.08.